The molecule has 0 radical (unpaired) electrons. The molecular weight excluding hydrogens is 276 g/mol. The fourth-order valence-corrected chi connectivity index (χ4v) is 3.45. The van der Waals surface area contributed by atoms with E-state index in [1.807, 2.05) is 62.9 Å². The Morgan fingerprint density at radius 1 is 1.18 bits per heavy atom. The van der Waals surface area contributed by atoms with Crippen molar-refractivity contribution in [1.82, 2.24) is 5.06 Å². The van der Waals surface area contributed by atoms with Crippen LogP contribution in [-0.4, -0.2) is 33.3 Å². The molecule has 0 aromatic heterocycles. The van der Waals surface area contributed by atoms with Gasteiger partial charge >= 0.3 is 0 Å². The van der Waals surface area contributed by atoms with Gasteiger partial charge in [-0.1, -0.05) is 32.0 Å². The van der Waals surface area contributed by atoms with Crippen molar-refractivity contribution in [2.45, 2.75) is 71.0 Å². The van der Waals surface area contributed by atoms with Gasteiger partial charge in [0.25, 0.3) is 0 Å². The number of carbonyl (C=O) groups is 1. The van der Waals surface area contributed by atoms with Gasteiger partial charge in [-0.3, -0.25) is 4.79 Å². The molecule has 3 unspecified atom stereocenters. The zero-order chi connectivity index (χ0) is 16.5. The molecule has 122 valence electrons. The molecule has 1 fully saturated rings. The number of hydroxylamine groups is 2. The largest absolute Gasteiger partial charge is 0.313 e. The minimum Gasteiger partial charge on any atom is -0.313 e. The summed E-state index contributed by atoms with van der Waals surface area (Å²) in [5, 5.41) is 12.4. The number of nitrogens with zero attached hydrogens (tertiary/aromatic N) is 2. The SMILES string of the molecule is CCC1(C)CC(=O)N(c2ccccc2)C(C)C(C)(CC)N1O. The van der Waals surface area contributed by atoms with Crippen LogP contribution in [0.4, 0.5) is 5.69 Å². The first-order valence-electron chi connectivity index (χ1n) is 8.16. The number of carbonyl (C=O) groups excluding carboxylic acids is 1. The van der Waals surface area contributed by atoms with Gasteiger partial charge in [-0.15, -0.1) is 0 Å². The smallest absolute Gasteiger partial charge is 0.229 e. The number of para-hydroxylation sites is 1. The van der Waals surface area contributed by atoms with Crippen molar-refractivity contribution < 1.29 is 10.0 Å². The molecule has 1 aliphatic heterocycles. The summed E-state index contributed by atoms with van der Waals surface area (Å²) in [5.74, 6) is 0.0688. The van der Waals surface area contributed by atoms with E-state index in [-0.39, 0.29) is 11.9 Å². The maximum Gasteiger partial charge on any atom is 0.229 e. The summed E-state index contributed by atoms with van der Waals surface area (Å²) in [6.07, 6.45) is 1.80. The molecule has 1 aromatic rings. The highest BCUT2D eigenvalue weighted by Crippen LogP contribution is 2.40. The zero-order valence-corrected chi connectivity index (χ0v) is 14.3. The van der Waals surface area contributed by atoms with Crippen LogP contribution >= 0.6 is 0 Å². The molecule has 22 heavy (non-hydrogen) atoms. The Hall–Kier alpha value is -1.39. The van der Waals surface area contributed by atoms with E-state index in [1.54, 1.807) is 0 Å². The van der Waals surface area contributed by atoms with E-state index in [9.17, 15) is 10.0 Å². The van der Waals surface area contributed by atoms with Crippen molar-refractivity contribution in [3.8, 4) is 0 Å². The van der Waals surface area contributed by atoms with E-state index >= 15 is 0 Å². The first-order chi connectivity index (χ1) is 10.3. The highest BCUT2D eigenvalue weighted by atomic mass is 16.5. The Labute approximate surface area is 133 Å². The van der Waals surface area contributed by atoms with Gasteiger partial charge in [0.2, 0.25) is 5.91 Å². The van der Waals surface area contributed by atoms with Crippen LogP contribution in [0.1, 0.15) is 53.9 Å². The average molecular weight is 304 g/mol. The molecular formula is C18H28N2O2. The van der Waals surface area contributed by atoms with Gasteiger partial charge in [0.1, 0.15) is 0 Å². The monoisotopic (exact) mass is 304 g/mol. The quantitative estimate of drug-likeness (QED) is 0.922. The second-order valence-electron chi connectivity index (χ2n) is 6.83. The summed E-state index contributed by atoms with van der Waals surface area (Å²) in [4.78, 5) is 14.8. The van der Waals surface area contributed by atoms with Gasteiger partial charge in [-0.2, -0.15) is 5.06 Å². The Bertz CT molecular complexity index is 533. The maximum atomic E-state index is 12.9. The van der Waals surface area contributed by atoms with Crippen LogP contribution in [0.5, 0.6) is 0 Å². The van der Waals surface area contributed by atoms with Crippen molar-refractivity contribution in [3.63, 3.8) is 0 Å². The minimum absolute atomic E-state index is 0.0688. The molecule has 0 aliphatic carbocycles. The van der Waals surface area contributed by atoms with E-state index in [4.69, 9.17) is 0 Å². The molecule has 4 heteroatoms. The number of amides is 1. The normalized spacial score (nSPS) is 33.8. The van der Waals surface area contributed by atoms with E-state index in [0.717, 1.165) is 18.5 Å². The topological polar surface area (TPSA) is 43.8 Å². The highest BCUT2D eigenvalue weighted by molar-refractivity contribution is 5.95. The molecule has 0 spiro atoms. The van der Waals surface area contributed by atoms with E-state index < -0.39 is 11.1 Å². The summed E-state index contributed by atoms with van der Waals surface area (Å²) in [5.41, 5.74) is -0.139. The van der Waals surface area contributed by atoms with Gasteiger partial charge < -0.3 is 10.1 Å². The summed E-state index contributed by atoms with van der Waals surface area (Å²) < 4.78 is 0. The van der Waals surface area contributed by atoms with Crippen molar-refractivity contribution in [2.24, 2.45) is 0 Å². The third-order valence-electron chi connectivity index (χ3n) is 5.60. The van der Waals surface area contributed by atoms with E-state index in [0.29, 0.717) is 6.42 Å². The van der Waals surface area contributed by atoms with Crippen molar-refractivity contribution in [1.29, 1.82) is 0 Å². The van der Waals surface area contributed by atoms with E-state index in [1.165, 1.54) is 5.06 Å². The van der Waals surface area contributed by atoms with Crippen LogP contribution in [0.25, 0.3) is 0 Å². The number of benzene rings is 1. The molecule has 1 saturated heterocycles. The zero-order valence-electron chi connectivity index (χ0n) is 14.3. The fraction of sp³-hybridized carbons (Fsp3) is 0.611. The first kappa shape index (κ1) is 17.0. The predicted octanol–water partition coefficient (Wildman–Crippen LogP) is 3.84. The third kappa shape index (κ3) is 2.55. The Balaban J connectivity index is 2.56. The summed E-state index contributed by atoms with van der Waals surface area (Å²) in [7, 11) is 0. The van der Waals surface area contributed by atoms with Crippen LogP contribution in [0, 0.1) is 0 Å². The lowest BCUT2D eigenvalue weighted by Crippen LogP contribution is -2.61. The second kappa shape index (κ2) is 6.01. The van der Waals surface area contributed by atoms with Crippen molar-refractivity contribution >= 4 is 11.6 Å². The molecule has 1 amide bonds. The molecule has 0 saturated carbocycles. The lowest BCUT2D eigenvalue weighted by molar-refractivity contribution is -0.235. The molecule has 1 N–H and O–H groups in total. The molecule has 1 heterocycles. The van der Waals surface area contributed by atoms with Crippen molar-refractivity contribution in [3.05, 3.63) is 30.3 Å². The van der Waals surface area contributed by atoms with Gasteiger partial charge in [0.15, 0.2) is 0 Å². The van der Waals surface area contributed by atoms with Crippen LogP contribution in [0.3, 0.4) is 0 Å². The molecule has 3 atom stereocenters. The Morgan fingerprint density at radius 2 is 1.77 bits per heavy atom. The van der Waals surface area contributed by atoms with Crippen LogP contribution in [-0.2, 0) is 4.79 Å². The molecule has 2 rings (SSSR count). The lowest BCUT2D eigenvalue weighted by atomic mass is 9.85. The second-order valence-corrected chi connectivity index (χ2v) is 6.83. The Kier molecular flexibility index (Phi) is 4.64. The minimum atomic E-state index is -0.542. The Morgan fingerprint density at radius 3 is 2.27 bits per heavy atom. The predicted molar refractivity (Wildman–Crippen MR) is 89.0 cm³/mol. The lowest BCUT2D eigenvalue weighted by Gasteiger charge is -2.48. The molecule has 1 aromatic carbocycles. The van der Waals surface area contributed by atoms with Gasteiger partial charge in [-0.25, -0.2) is 0 Å². The first-order valence-corrected chi connectivity index (χ1v) is 8.16. The summed E-state index contributed by atoms with van der Waals surface area (Å²) in [6, 6.07) is 9.63. The average Bonchev–Trinajstić information content (AvgIpc) is 2.58. The van der Waals surface area contributed by atoms with Gasteiger partial charge in [-0.05, 0) is 45.7 Å². The van der Waals surface area contributed by atoms with Crippen LogP contribution in [0.2, 0.25) is 0 Å². The highest BCUT2D eigenvalue weighted by Gasteiger charge is 2.51. The number of rotatable bonds is 3. The third-order valence-corrected chi connectivity index (χ3v) is 5.60. The summed E-state index contributed by atoms with van der Waals surface area (Å²) in [6.45, 7) is 10.1. The van der Waals surface area contributed by atoms with Crippen molar-refractivity contribution in [2.75, 3.05) is 4.90 Å². The molecule has 0 bridgehead atoms. The number of hydrogen-bond donors (Lipinski definition) is 1. The number of hydrogen-bond acceptors (Lipinski definition) is 3. The van der Waals surface area contributed by atoms with Crippen LogP contribution < -0.4 is 4.90 Å². The number of anilines is 1. The fourth-order valence-electron chi connectivity index (χ4n) is 3.45. The maximum absolute atomic E-state index is 12.9. The molecule has 1 aliphatic rings. The van der Waals surface area contributed by atoms with Gasteiger partial charge in [0, 0.05) is 12.1 Å². The molecule has 4 nitrogen and oxygen atoms in total. The summed E-state index contributed by atoms with van der Waals surface area (Å²) >= 11 is 0. The van der Waals surface area contributed by atoms with Crippen LogP contribution in [0.15, 0.2) is 30.3 Å². The van der Waals surface area contributed by atoms with E-state index in [2.05, 4.69) is 6.92 Å². The standard InChI is InChI=1S/C18H28N2O2/c1-6-17(4)13-16(21)19(15-11-9-8-10-12-15)14(3)18(5,7-2)20(17)22/h8-12,14,22H,6-7,13H2,1-5H3. The van der Waals surface area contributed by atoms with Gasteiger partial charge in [0.05, 0.1) is 17.1 Å².